The zero-order chi connectivity index (χ0) is 15.2. The van der Waals surface area contributed by atoms with Crippen LogP contribution in [-0.2, 0) is 9.53 Å². The molecule has 1 aromatic heterocycles. The van der Waals surface area contributed by atoms with Gasteiger partial charge in [0.1, 0.15) is 5.54 Å². The molecule has 1 amide bonds. The molecule has 0 fully saturated rings. The standard InChI is InChI=1S/C14H17N3O3/c1-10(2)14(3,9-15)17-12(18)8-20-13(19)11-4-6-16-7-5-11/h4-7,10H,8H2,1-3H3,(H,17,18)/t14-/m1/s1. The molecule has 0 spiro atoms. The van der Waals surface area contributed by atoms with Gasteiger partial charge in [-0.2, -0.15) is 5.26 Å². The molecule has 0 aliphatic rings. The molecule has 0 aromatic carbocycles. The molecule has 6 nitrogen and oxygen atoms in total. The second-order valence-corrected chi connectivity index (χ2v) is 4.83. The molecule has 1 rings (SSSR count). The molecule has 0 saturated carbocycles. The van der Waals surface area contributed by atoms with Crippen LogP contribution in [0, 0.1) is 17.2 Å². The molecule has 1 N–H and O–H groups in total. The first-order valence-electron chi connectivity index (χ1n) is 6.18. The van der Waals surface area contributed by atoms with Gasteiger partial charge in [0.25, 0.3) is 5.91 Å². The highest BCUT2D eigenvalue weighted by Crippen LogP contribution is 2.14. The van der Waals surface area contributed by atoms with E-state index in [1.807, 2.05) is 19.9 Å². The van der Waals surface area contributed by atoms with Crippen LogP contribution in [0.4, 0.5) is 0 Å². The van der Waals surface area contributed by atoms with Crippen molar-refractivity contribution in [2.24, 2.45) is 5.92 Å². The molecule has 106 valence electrons. The highest BCUT2D eigenvalue weighted by molar-refractivity contribution is 5.91. The highest BCUT2D eigenvalue weighted by Gasteiger charge is 2.30. The molecule has 0 aliphatic carbocycles. The van der Waals surface area contributed by atoms with E-state index < -0.39 is 24.0 Å². The second kappa shape index (κ2) is 6.66. The van der Waals surface area contributed by atoms with Crippen LogP contribution in [0.2, 0.25) is 0 Å². The van der Waals surface area contributed by atoms with Crippen LogP contribution in [0.3, 0.4) is 0 Å². The van der Waals surface area contributed by atoms with Gasteiger partial charge in [0, 0.05) is 12.4 Å². The van der Waals surface area contributed by atoms with E-state index in [2.05, 4.69) is 10.3 Å². The quantitative estimate of drug-likeness (QED) is 0.817. The fourth-order valence-electron chi connectivity index (χ4n) is 1.33. The Labute approximate surface area is 117 Å². The summed E-state index contributed by atoms with van der Waals surface area (Å²) in [5, 5.41) is 11.6. The third-order valence-electron chi connectivity index (χ3n) is 3.04. The summed E-state index contributed by atoms with van der Waals surface area (Å²) in [7, 11) is 0. The molecular formula is C14H17N3O3. The summed E-state index contributed by atoms with van der Waals surface area (Å²) in [5.74, 6) is -1.18. The summed E-state index contributed by atoms with van der Waals surface area (Å²) >= 11 is 0. The van der Waals surface area contributed by atoms with E-state index in [-0.39, 0.29) is 5.92 Å². The maximum absolute atomic E-state index is 11.7. The number of aromatic nitrogens is 1. The summed E-state index contributed by atoms with van der Waals surface area (Å²) < 4.78 is 4.87. The first-order chi connectivity index (χ1) is 9.39. The van der Waals surface area contributed by atoms with E-state index in [9.17, 15) is 9.59 Å². The summed E-state index contributed by atoms with van der Waals surface area (Å²) in [5.41, 5.74) is -0.667. The molecule has 20 heavy (non-hydrogen) atoms. The van der Waals surface area contributed by atoms with Crippen molar-refractivity contribution >= 4 is 11.9 Å². The van der Waals surface area contributed by atoms with Gasteiger partial charge in [-0.15, -0.1) is 0 Å². The number of nitrogens with zero attached hydrogens (tertiary/aromatic N) is 2. The Morgan fingerprint density at radius 1 is 1.45 bits per heavy atom. The number of nitriles is 1. The van der Waals surface area contributed by atoms with Crippen LogP contribution in [0.15, 0.2) is 24.5 Å². The van der Waals surface area contributed by atoms with Gasteiger partial charge in [-0.25, -0.2) is 4.79 Å². The zero-order valence-corrected chi connectivity index (χ0v) is 11.7. The number of rotatable bonds is 5. The van der Waals surface area contributed by atoms with E-state index in [4.69, 9.17) is 10.00 Å². The number of hydrogen-bond donors (Lipinski definition) is 1. The molecule has 6 heteroatoms. The van der Waals surface area contributed by atoms with Crippen molar-refractivity contribution in [2.45, 2.75) is 26.3 Å². The van der Waals surface area contributed by atoms with Crippen molar-refractivity contribution in [3.8, 4) is 6.07 Å². The first-order valence-corrected chi connectivity index (χ1v) is 6.18. The minimum Gasteiger partial charge on any atom is -0.452 e. The Morgan fingerprint density at radius 3 is 2.55 bits per heavy atom. The number of esters is 1. The largest absolute Gasteiger partial charge is 0.452 e. The Kier molecular flexibility index (Phi) is 5.21. The summed E-state index contributed by atoms with van der Waals surface area (Å²) in [4.78, 5) is 27.1. The number of ether oxygens (including phenoxy) is 1. The maximum atomic E-state index is 11.7. The van der Waals surface area contributed by atoms with E-state index in [0.29, 0.717) is 5.56 Å². The van der Waals surface area contributed by atoms with E-state index in [0.717, 1.165) is 0 Å². The third kappa shape index (κ3) is 4.05. The summed E-state index contributed by atoms with van der Waals surface area (Å²) in [6, 6.07) is 5.04. The Bertz CT molecular complexity index is 522. The van der Waals surface area contributed by atoms with E-state index in [1.54, 1.807) is 6.92 Å². The average molecular weight is 275 g/mol. The van der Waals surface area contributed by atoms with Gasteiger partial charge in [-0.05, 0) is 25.0 Å². The van der Waals surface area contributed by atoms with Gasteiger partial charge >= 0.3 is 5.97 Å². The fourth-order valence-corrected chi connectivity index (χ4v) is 1.33. The van der Waals surface area contributed by atoms with Gasteiger partial charge in [0.2, 0.25) is 0 Å². The van der Waals surface area contributed by atoms with Crippen molar-refractivity contribution in [3.63, 3.8) is 0 Å². The molecular weight excluding hydrogens is 258 g/mol. The Morgan fingerprint density at radius 2 is 2.05 bits per heavy atom. The Balaban J connectivity index is 2.53. The number of carbonyl (C=O) groups excluding carboxylic acids is 2. The minimum absolute atomic E-state index is 0.0626. The average Bonchev–Trinajstić information content (AvgIpc) is 2.45. The molecule has 0 bridgehead atoms. The topological polar surface area (TPSA) is 92.1 Å². The fraction of sp³-hybridized carbons (Fsp3) is 0.429. The smallest absolute Gasteiger partial charge is 0.338 e. The molecule has 1 aromatic rings. The molecule has 1 atom stereocenters. The molecule has 0 radical (unpaired) electrons. The van der Waals surface area contributed by atoms with Crippen molar-refractivity contribution < 1.29 is 14.3 Å². The monoisotopic (exact) mass is 275 g/mol. The van der Waals surface area contributed by atoms with Gasteiger partial charge < -0.3 is 10.1 Å². The number of carbonyl (C=O) groups is 2. The summed E-state index contributed by atoms with van der Waals surface area (Å²) in [6.45, 7) is 4.85. The van der Waals surface area contributed by atoms with Gasteiger partial charge in [0.05, 0.1) is 11.6 Å². The second-order valence-electron chi connectivity index (χ2n) is 4.83. The van der Waals surface area contributed by atoms with Gasteiger partial charge in [-0.3, -0.25) is 9.78 Å². The first kappa shape index (κ1) is 15.6. The number of nitrogens with one attached hydrogen (secondary N) is 1. The van der Waals surface area contributed by atoms with Crippen molar-refractivity contribution in [3.05, 3.63) is 30.1 Å². The molecule has 0 aliphatic heterocycles. The minimum atomic E-state index is -0.986. The SMILES string of the molecule is CC(C)[C@@](C)(C#N)NC(=O)COC(=O)c1ccncc1. The van der Waals surface area contributed by atoms with Gasteiger partial charge in [0.15, 0.2) is 6.61 Å². The van der Waals surface area contributed by atoms with Crippen molar-refractivity contribution in [1.29, 1.82) is 5.26 Å². The maximum Gasteiger partial charge on any atom is 0.338 e. The van der Waals surface area contributed by atoms with Crippen LogP contribution in [0.25, 0.3) is 0 Å². The van der Waals surface area contributed by atoms with Crippen molar-refractivity contribution in [2.75, 3.05) is 6.61 Å². The van der Waals surface area contributed by atoms with Crippen LogP contribution < -0.4 is 5.32 Å². The van der Waals surface area contributed by atoms with Crippen LogP contribution in [0.1, 0.15) is 31.1 Å². The third-order valence-corrected chi connectivity index (χ3v) is 3.04. The van der Waals surface area contributed by atoms with Crippen LogP contribution in [-0.4, -0.2) is 29.0 Å². The van der Waals surface area contributed by atoms with Crippen LogP contribution in [0.5, 0.6) is 0 Å². The lowest BCUT2D eigenvalue weighted by molar-refractivity contribution is -0.125. The molecule has 0 saturated heterocycles. The van der Waals surface area contributed by atoms with Crippen molar-refractivity contribution in [1.82, 2.24) is 10.3 Å². The van der Waals surface area contributed by atoms with Crippen LogP contribution >= 0.6 is 0 Å². The number of amides is 1. The molecule has 0 unspecified atom stereocenters. The van der Waals surface area contributed by atoms with E-state index in [1.165, 1.54) is 24.5 Å². The highest BCUT2D eigenvalue weighted by atomic mass is 16.5. The zero-order valence-electron chi connectivity index (χ0n) is 11.7. The lowest BCUT2D eigenvalue weighted by Crippen LogP contribution is -2.50. The summed E-state index contributed by atoms with van der Waals surface area (Å²) in [6.07, 6.45) is 2.92. The predicted octanol–water partition coefficient (Wildman–Crippen LogP) is 1.29. The lowest BCUT2D eigenvalue weighted by atomic mass is 9.90. The Hall–Kier alpha value is -2.42. The predicted molar refractivity (Wildman–Crippen MR) is 71.5 cm³/mol. The van der Waals surface area contributed by atoms with Gasteiger partial charge in [-0.1, -0.05) is 13.8 Å². The van der Waals surface area contributed by atoms with E-state index >= 15 is 0 Å². The number of pyridine rings is 1. The number of hydrogen-bond acceptors (Lipinski definition) is 5. The normalized spacial score (nSPS) is 13.2. The molecule has 1 heterocycles. The lowest BCUT2D eigenvalue weighted by Gasteiger charge is -2.27.